The predicted octanol–water partition coefficient (Wildman–Crippen LogP) is 5.61. The zero-order valence-electron chi connectivity index (χ0n) is 20.6. The Morgan fingerprint density at radius 3 is 2.28 bits per heavy atom. The van der Waals surface area contributed by atoms with Crippen molar-refractivity contribution < 1.29 is 28.9 Å². The van der Waals surface area contributed by atoms with Crippen molar-refractivity contribution in [2.45, 2.75) is 19.9 Å². The lowest BCUT2D eigenvalue weighted by Crippen LogP contribution is -2.30. The van der Waals surface area contributed by atoms with Gasteiger partial charge in [0.25, 0.3) is 11.7 Å². The van der Waals surface area contributed by atoms with Crippen molar-refractivity contribution in [1.29, 1.82) is 0 Å². The maximum absolute atomic E-state index is 13.5. The van der Waals surface area contributed by atoms with Crippen molar-refractivity contribution in [2.75, 3.05) is 26.2 Å². The number of Topliss-reactive ketones (excluding diaryl/α,β-unsaturated/α-hetero) is 1. The molecule has 0 spiro atoms. The summed E-state index contributed by atoms with van der Waals surface area (Å²) < 4.78 is 16.1. The molecule has 0 aliphatic carbocycles. The number of benzene rings is 3. The number of ether oxygens (including phenoxy) is 3. The molecule has 1 saturated heterocycles. The third-order valence-corrected chi connectivity index (χ3v) is 6.49. The highest BCUT2D eigenvalue weighted by Gasteiger charge is 2.47. The third-order valence-electron chi connectivity index (χ3n) is 6.19. The van der Waals surface area contributed by atoms with E-state index < -0.39 is 23.5 Å². The minimum atomic E-state index is -0.924. The van der Waals surface area contributed by atoms with Crippen LogP contribution in [0.15, 0.2) is 60.2 Å². The fourth-order valence-corrected chi connectivity index (χ4v) is 4.71. The van der Waals surface area contributed by atoms with E-state index in [0.29, 0.717) is 22.7 Å². The van der Waals surface area contributed by atoms with Crippen LogP contribution in [0.2, 0.25) is 5.02 Å². The number of aryl methyl sites for hydroxylation is 2. The molecule has 0 bridgehead atoms. The molecule has 3 aromatic carbocycles. The minimum absolute atomic E-state index is 0.0900. The highest BCUT2D eigenvalue weighted by atomic mass is 35.5. The first kappa shape index (κ1) is 25.1. The summed E-state index contributed by atoms with van der Waals surface area (Å²) in [6.07, 6.45) is 0. The molecule has 1 fully saturated rings. The number of carbonyl (C=O) groups excluding carboxylic acids is 2. The van der Waals surface area contributed by atoms with Gasteiger partial charge in [0.2, 0.25) is 0 Å². The van der Waals surface area contributed by atoms with E-state index in [1.165, 1.54) is 38.4 Å². The first-order chi connectivity index (χ1) is 17.2. The average molecular weight is 508 g/mol. The van der Waals surface area contributed by atoms with Crippen molar-refractivity contribution in [1.82, 2.24) is 0 Å². The fourth-order valence-electron chi connectivity index (χ4n) is 4.47. The molecule has 7 nitrogen and oxygen atoms in total. The van der Waals surface area contributed by atoms with Crippen LogP contribution in [0.3, 0.4) is 0 Å². The monoisotopic (exact) mass is 507 g/mol. The number of methoxy groups -OCH3 is 3. The number of halogens is 1. The average Bonchev–Trinajstić information content (AvgIpc) is 3.13. The van der Waals surface area contributed by atoms with E-state index >= 15 is 0 Å². The lowest BCUT2D eigenvalue weighted by molar-refractivity contribution is -0.132. The Bertz CT molecular complexity index is 1400. The molecule has 3 aromatic rings. The SMILES string of the molecule is COc1cccc(C2/C(=C(\O)c3cc(Cl)c(OC)cc3OC)C(=O)C(=O)N2c2ccc(C)cc2C)c1. The van der Waals surface area contributed by atoms with E-state index in [1.807, 2.05) is 26.0 Å². The van der Waals surface area contributed by atoms with Crippen molar-refractivity contribution in [3.63, 3.8) is 0 Å². The molecule has 0 saturated carbocycles. The number of carbonyl (C=O) groups is 2. The Morgan fingerprint density at radius 1 is 0.917 bits per heavy atom. The number of aliphatic hydroxyl groups is 1. The molecule has 36 heavy (non-hydrogen) atoms. The van der Waals surface area contributed by atoms with Gasteiger partial charge in [0.05, 0.1) is 43.5 Å². The second kappa shape index (κ2) is 9.95. The van der Waals surface area contributed by atoms with Crippen molar-refractivity contribution in [2.24, 2.45) is 0 Å². The number of ketones is 1. The molecule has 1 amide bonds. The molecular weight excluding hydrogens is 482 g/mol. The van der Waals surface area contributed by atoms with Crippen LogP contribution >= 0.6 is 11.6 Å². The lowest BCUT2D eigenvalue weighted by atomic mass is 9.94. The van der Waals surface area contributed by atoms with E-state index in [-0.39, 0.29) is 21.9 Å². The van der Waals surface area contributed by atoms with Gasteiger partial charge in [-0.2, -0.15) is 0 Å². The highest BCUT2D eigenvalue weighted by molar-refractivity contribution is 6.52. The summed E-state index contributed by atoms with van der Waals surface area (Å²) in [6.45, 7) is 3.82. The number of nitrogens with zero attached hydrogens (tertiary/aromatic N) is 1. The number of hydrogen-bond acceptors (Lipinski definition) is 6. The zero-order chi connectivity index (χ0) is 26.1. The summed E-state index contributed by atoms with van der Waals surface area (Å²) >= 11 is 6.33. The standard InChI is InChI=1S/C28H26ClNO6/c1-15-9-10-21(16(2)11-15)30-25(17-7-6-8-18(12-17)34-3)24(27(32)28(30)33)26(31)19-13-20(29)23(36-5)14-22(19)35-4/h6-14,25,31H,1-5H3/b26-24+. The number of anilines is 1. The second-order valence-electron chi connectivity index (χ2n) is 8.42. The van der Waals surface area contributed by atoms with Crippen LogP contribution in [0, 0.1) is 13.8 Å². The molecule has 1 heterocycles. The minimum Gasteiger partial charge on any atom is -0.507 e. The van der Waals surface area contributed by atoms with E-state index in [1.54, 1.807) is 30.3 Å². The number of hydrogen-bond donors (Lipinski definition) is 1. The molecule has 4 rings (SSSR count). The van der Waals surface area contributed by atoms with E-state index in [4.69, 9.17) is 25.8 Å². The Morgan fingerprint density at radius 2 is 1.64 bits per heavy atom. The summed E-state index contributed by atoms with van der Waals surface area (Å²) in [5.74, 6) is -0.871. The maximum Gasteiger partial charge on any atom is 0.300 e. The van der Waals surface area contributed by atoms with Crippen LogP contribution < -0.4 is 19.1 Å². The van der Waals surface area contributed by atoms with E-state index in [0.717, 1.165) is 11.1 Å². The van der Waals surface area contributed by atoms with Gasteiger partial charge in [0, 0.05) is 11.8 Å². The van der Waals surface area contributed by atoms with Gasteiger partial charge in [-0.05, 0) is 49.2 Å². The molecule has 1 aliphatic rings. The fraction of sp³-hybridized carbons (Fsp3) is 0.214. The summed E-state index contributed by atoms with van der Waals surface area (Å²) in [4.78, 5) is 28.4. The Kier molecular flexibility index (Phi) is 6.95. The molecule has 1 aliphatic heterocycles. The van der Waals surface area contributed by atoms with E-state index in [2.05, 4.69) is 0 Å². The first-order valence-electron chi connectivity index (χ1n) is 11.2. The summed E-state index contributed by atoms with van der Waals surface area (Å²) in [5.41, 5.74) is 3.06. The van der Waals surface area contributed by atoms with Crippen molar-refractivity contribution >= 4 is 34.7 Å². The summed E-state index contributed by atoms with van der Waals surface area (Å²) in [7, 11) is 4.41. The van der Waals surface area contributed by atoms with Crippen molar-refractivity contribution in [3.8, 4) is 17.2 Å². The maximum atomic E-state index is 13.5. The molecule has 1 N–H and O–H groups in total. The van der Waals surface area contributed by atoms with Crippen LogP contribution in [-0.4, -0.2) is 38.1 Å². The zero-order valence-corrected chi connectivity index (χ0v) is 21.3. The van der Waals surface area contributed by atoms with Crippen LogP contribution in [0.25, 0.3) is 5.76 Å². The Labute approximate surface area is 214 Å². The van der Waals surface area contributed by atoms with Crippen LogP contribution in [-0.2, 0) is 9.59 Å². The predicted molar refractivity (Wildman–Crippen MR) is 138 cm³/mol. The Hall–Kier alpha value is -3.97. The first-order valence-corrected chi connectivity index (χ1v) is 11.5. The van der Waals surface area contributed by atoms with Crippen molar-refractivity contribution in [3.05, 3.63) is 87.4 Å². The molecule has 1 atom stereocenters. The van der Waals surface area contributed by atoms with Crippen LogP contribution in [0.1, 0.15) is 28.3 Å². The quantitative estimate of drug-likeness (QED) is 0.265. The van der Waals surface area contributed by atoms with Gasteiger partial charge in [0.1, 0.15) is 23.0 Å². The molecule has 8 heteroatoms. The molecule has 0 aromatic heterocycles. The molecular formula is C28H26ClNO6. The number of aliphatic hydroxyl groups excluding tert-OH is 1. The number of rotatable bonds is 6. The van der Waals surface area contributed by atoms with Crippen LogP contribution in [0.4, 0.5) is 5.69 Å². The van der Waals surface area contributed by atoms with Gasteiger partial charge in [-0.1, -0.05) is 41.4 Å². The van der Waals surface area contributed by atoms with Crippen LogP contribution in [0.5, 0.6) is 17.2 Å². The largest absolute Gasteiger partial charge is 0.507 e. The lowest BCUT2D eigenvalue weighted by Gasteiger charge is -2.27. The topological polar surface area (TPSA) is 85.3 Å². The molecule has 0 radical (unpaired) electrons. The Balaban J connectivity index is 2.02. The molecule has 1 unspecified atom stereocenters. The highest BCUT2D eigenvalue weighted by Crippen LogP contribution is 2.45. The normalized spacial score (nSPS) is 16.8. The number of amides is 1. The van der Waals surface area contributed by atoms with E-state index in [9.17, 15) is 14.7 Å². The van der Waals surface area contributed by atoms with Gasteiger partial charge in [-0.25, -0.2) is 0 Å². The summed E-state index contributed by atoms with van der Waals surface area (Å²) in [5, 5.41) is 11.7. The third kappa shape index (κ3) is 4.27. The second-order valence-corrected chi connectivity index (χ2v) is 8.83. The summed E-state index contributed by atoms with van der Waals surface area (Å²) in [6, 6.07) is 14.7. The van der Waals surface area contributed by atoms with Gasteiger partial charge in [-0.15, -0.1) is 0 Å². The smallest absolute Gasteiger partial charge is 0.300 e. The van der Waals surface area contributed by atoms with Gasteiger partial charge < -0.3 is 19.3 Å². The van der Waals surface area contributed by atoms with Gasteiger partial charge in [0.15, 0.2) is 0 Å². The van der Waals surface area contributed by atoms with Gasteiger partial charge >= 0.3 is 0 Å². The van der Waals surface area contributed by atoms with Gasteiger partial charge in [-0.3, -0.25) is 14.5 Å². The molecule has 186 valence electrons.